The van der Waals surface area contributed by atoms with Gasteiger partial charge in [-0.2, -0.15) is 0 Å². The number of nitrogens with one attached hydrogen (secondary N) is 1. The molecule has 29 heavy (non-hydrogen) atoms. The maximum atomic E-state index is 13.0. The quantitative estimate of drug-likeness (QED) is 0.713. The third-order valence-corrected chi connectivity index (χ3v) is 5.52. The average Bonchev–Trinajstić information content (AvgIpc) is 3.03. The van der Waals surface area contributed by atoms with E-state index in [1.165, 1.54) is 25.7 Å². The molecule has 1 aliphatic heterocycles. The number of hydrogen-bond donors (Lipinski definition) is 1. The second-order valence-corrected chi connectivity index (χ2v) is 7.52. The summed E-state index contributed by atoms with van der Waals surface area (Å²) in [5, 5.41) is 4.16. The van der Waals surface area contributed by atoms with Crippen LogP contribution in [0.15, 0.2) is 63.8 Å². The molecule has 1 N–H and O–H groups in total. The molecule has 5 heteroatoms. The molecule has 150 valence electrons. The molecule has 2 heterocycles. The number of carbonyl (C=O) groups is 1. The van der Waals surface area contributed by atoms with E-state index in [4.69, 9.17) is 4.42 Å². The molecule has 1 amide bonds. The van der Waals surface area contributed by atoms with Gasteiger partial charge in [-0.3, -0.25) is 4.79 Å². The highest BCUT2D eigenvalue weighted by molar-refractivity contribution is 6.07. The zero-order valence-electron chi connectivity index (χ0n) is 16.5. The average molecular weight is 390 g/mol. The molecule has 1 aliphatic rings. The Kier molecular flexibility index (Phi) is 6.06. The van der Waals surface area contributed by atoms with Crippen LogP contribution in [0.2, 0.25) is 0 Å². The van der Waals surface area contributed by atoms with E-state index in [2.05, 4.69) is 10.2 Å². The lowest BCUT2D eigenvalue weighted by Crippen LogP contribution is -2.35. The maximum absolute atomic E-state index is 13.0. The van der Waals surface area contributed by atoms with Crippen molar-refractivity contribution in [3.05, 3.63) is 70.8 Å². The second kappa shape index (κ2) is 9.05. The van der Waals surface area contributed by atoms with Crippen LogP contribution in [-0.4, -0.2) is 37.0 Å². The first kappa shape index (κ1) is 19.4. The minimum atomic E-state index is -0.488. The van der Waals surface area contributed by atoms with Crippen LogP contribution in [0.4, 0.5) is 0 Å². The van der Waals surface area contributed by atoms with Crippen molar-refractivity contribution in [3.63, 3.8) is 0 Å². The van der Waals surface area contributed by atoms with Gasteiger partial charge in [0.2, 0.25) is 5.76 Å². The Morgan fingerprint density at radius 1 is 0.897 bits per heavy atom. The first-order valence-electron chi connectivity index (χ1n) is 10.4. The topological polar surface area (TPSA) is 62.6 Å². The standard InChI is InChI=1S/C24H26N2O3/c27-23(25-14-17-26-15-8-1-2-9-16-26)22-21(18-10-4-3-5-11-18)19-12-6-7-13-20(19)24(28)29-22/h3-7,10-13H,1-2,8-9,14-17H2,(H,25,27). The summed E-state index contributed by atoms with van der Waals surface area (Å²) in [5.74, 6) is -0.266. The molecule has 0 aliphatic carbocycles. The molecule has 3 aromatic rings. The molecule has 5 nitrogen and oxygen atoms in total. The van der Waals surface area contributed by atoms with E-state index in [1.807, 2.05) is 42.5 Å². The summed E-state index contributed by atoms with van der Waals surface area (Å²) in [6, 6.07) is 16.9. The van der Waals surface area contributed by atoms with Crippen LogP contribution < -0.4 is 10.9 Å². The Morgan fingerprint density at radius 2 is 1.55 bits per heavy atom. The van der Waals surface area contributed by atoms with Crippen molar-refractivity contribution >= 4 is 16.7 Å². The fourth-order valence-corrected chi connectivity index (χ4v) is 4.02. The van der Waals surface area contributed by atoms with Crippen molar-refractivity contribution in [2.45, 2.75) is 25.7 Å². The van der Waals surface area contributed by atoms with Gasteiger partial charge in [0.05, 0.1) is 5.39 Å². The van der Waals surface area contributed by atoms with Crippen LogP contribution in [0.5, 0.6) is 0 Å². The second-order valence-electron chi connectivity index (χ2n) is 7.52. The third-order valence-electron chi connectivity index (χ3n) is 5.52. The van der Waals surface area contributed by atoms with E-state index in [0.717, 1.165) is 30.6 Å². The summed E-state index contributed by atoms with van der Waals surface area (Å²) in [6.45, 7) is 3.50. The van der Waals surface area contributed by atoms with E-state index < -0.39 is 5.63 Å². The maximum Gasteiger partial charge on any atom is 0.344 e. The number of amides is 1. The highest BCUT2D eigenvalue weighted by Crippen LogP contribution is 2.30. The monoisotopic (exact) mass is 390 g/mol. The van der Waals surface area contributed by atoms with Gasteiger partial charge in [-0.15, -0.1) is 0 Å². The Balaban J connectivity index is 1.62. The first-order chi connectivity index (χ1) is 14.2. The summed E-state index contributed by atoms with van der Waals surface area (Å²) in [4.78, 5) is 27.9. The summed E-state index contributed by atoms with van der Waals surface area (Å²) < 4.78 is 5.52. The van der Waals surface area contributed by atoms with Crippen molar-refractivity contribution < 1.29 is 9.21 Å². The summed E-state index contributed by atoms with van der Waals surface area (Å²) >= 11 is 0. The lowest BCUT2D eigenvalue weighted by atomic mass is 9.98. The molecule has 0 spiro atoms. The Morgan fingerprint density at radius 3 is 2.28 bits per heavy atom. The minimum Gasteiger partial charge on any atom is -0.416 e. The molecule has 4 rings (SSSR count). The van der Waals surface area contributed by atoms with Crippen molar-refractivity contribution in [3.8, 4) is 11.1 Å². The Bertz CT molecular complexity index is 1030. The zero-order valence-corrected chi connectivity index (χ0v) is 16.5. The van der Waals surface area contributed by atoms with Crippen LogP contribution >= 0.6 is 0 Å². The van der Waals surface area contributed by atoms with E-state index in [1.54, 1.807) is 12.1 Å². The van der Waals surface area contributed by atoms with Gasteiger partial charge >= 0.3 is 5.63 Å². The predicted molar refractivity (Wildman–Crippen MR) is 115 cm³/mol. The number of benzene rings is 2. The first-order valence-corrected chi connectivity index (χ1v) is 10.4. The lowest BCUT2D eigenvalue weighted by Gasteiger charge is -2.19. The molecule has 0 unspecified atom stereocenters. The van der Waals surface area contributed by atoms with Crippen LogP contribution in [0, 0.1) is 0 Å². The normalized spacial score (nSPS) is 15.2. The van der Waals surface area contributed by atoms with Crippen LogP contribution in [0.1, 0.15) is 36.2 Å². The van der Waals surface area contributed by atoms with Crippen molar-refractivity contribution in [2.24, 2.45) is 0 Å². The Labute approximate surface area is 170 Å². The Hall–Kier alpha value is -2.92. The number of rotatable bonds is 5. The number of likely N-dealkylation sites (tertiary alicyclic amines) is 1. The summed E-state index contributed by atoms with van der Waals surface area (Å²) in [5.41, 5.74) is 1.02. The molecule has 0 radical (unpaired) electrons. The molecule has 0 saturated carbocycles. The van der Waals surface area contributed by atoms with Gasteiger partial charge in [0, 0.05) is 24.0 Å². The number of fused-ring (bicyclic) bond motifs is 1. The minimum absolute atomic E-state index is 0.0794. The highest BCUT2D eigenvalue weighted by Gasteiger charge is 2.21. The van der Waals surface area contributed by atoms with E-state index in [9.17, 15) is 9.59 Å². The van der Waals surface area contributed by atoms with Crippen LogP contribution in [-0.2, 0) is 0 Å². The molecule has 0 bridgehead atoms. The summed E-state index contributed by atoms with van der Waals surface area (Å²) in [7, 11) is 0. The third kappa shape index (κ3) is 4.40. The summed E-state index contributed by atoms with van der Waals surface area (Å²) in [6.07, 6.45) is 4.99. The van der Waals surface area contributed by atoms with E-state index >= 15 is 0 Å². The van der Waals surface area contributed by atoms with Gasteiger partial charge in [-0.05, 0) is 37.6 Å². The lowest BCUT2D eigenvalue weighted by molar-refractivity contribution is 0.0918. The van der Waals surface area contributed by atoms with E-state index in [0.29, 0.717) is 17.5 Å². The molecule has 0 atom stereocenters. The van der Waals surface area contributed by atoms with E-state index in [-0.39, 0.29) is 11.7 Å². The fourth-order valence-electron chi connectivity index (χ4n) is 4.02. The smallest absolute Gasteiger partial charge is 0.344 e. The zero-order chi connectivity index (χ0) is 20.1. The van der Waals surface area contributed by atoms with Crippen LogP contribution in [0.3, 0.4) is 0 Å². The number of carbonyl (C=O) groups excluding carboxylic acids is 1. The molecule has 1 fully saturated rings. The molecular weight excluding hydrogens is 364 g/mol. The van der Waals surface area contributed by atoms with Gasteiger partial charge in [-0.25, -0.2) is 4.79 Å². The predicted octanol–water partition coefficient (Wildman–Crippen LogP) is 4.07. The SMILES string of the molecule is O=C(NCCN1CCCCCC1)c1oc(=O)c2ccccc2c1-c1ccccc1. The van der Waals surface area contributed by atoms with Gasteiger partial charge in [0.25, 0.3) is 5.91 Å². The van der Waals surface area contributed by atoms with Crippen LogP contribution in [0.25, 0.3) is 21.9 Å². The number of nitrogens with zero attached hydrogens (tertiary/aromatic N) is 1. The van der Waals surface area contributed by atoms with Gasteiger partial charge < -0.3 is 14.6 Å². The highest BCUT2D eigenvalue weighted by atomic mass is 16.4. The number of hydrogen-bond acceptors (Lipinski definition) is 4. The molecule has 2 aromatic carbocycles. The van der Waals surface area contributed by atoms with Gasteiger partial charge in [0.15, 0.2) is 0 Å². The van der Waals surface area contributed by atoms with Crippen molar-refractivity contribution in [1.29, 1.82) is 0 Å². The van der Waals surface area contributed by atoms with Crippen molar-refractivity contribution in [1.82, 2.24) is 10.2 Å². The molecule has 1 saturated heterocycles. The molecule has 1 aromatic heterocycles. The fraction of sp³-hybridized carbons (Fsp3) is 0.333. The van der Waals surface area contributed by atoms with Gasteiger partial charge in [0.1, 0.15) is 0 Å². The largest absolute Gasteiger partial charge is 0.416 e. The van der Waals surface area contributed by atoms with Gasteiger partial charge in [-0.1, -0.05) is 61.4 Å². The molecular formula is C24H26N2O3. The van der Waals surface area contributed by atoms with Crippen molar-refractivity contribution in [2.75, 3.05) is 26.2 Å².